The van der Waals surface area contributed by atoms with E-state index in [0.717, 1.165) is 0 Å². The van der Waals surface area contributed by atoms with Crippen molar-refractivity contribution in [3.05, 3.63) is 29.8 Å². The number of alkyl halides is 2. The highest BCUT2D eigenvalue weighted by molar-refractivity contribution is 5.36. The average Bonchev–Trinajstić information content (AvgIpc) is 2.80. The molecule has 1 aromatic carbocycles. The second kappa shape index (κ2) is 3.45. The summed E-state index contributed by atoms with van der Waals surface area (Å²) < 4.78 is 31.2. The van der Waals surface area contributed by atoms with Gasteiger partial charge in [-0.15, -0.1) is 0 Å². The number of aliphatic hydroxyl groups is 1. The molecule has 1 fully saturated rings. The van der Waals surface area contributed by atoms with Crippen molar-refractivity contribution >= 4 is 0 Å². The van der Waals surface area contributed by atoms with Gasteiger partial charge < -0.3 is 9.84 Å². The summed E-state index contributed by atoms with van der Waals surface area (Å²) in [4.78, 5) is 0. The van der Waals surface area contributed by atoms with Gasteiger partial charge in [-0.1, -0.05) is 12.1 Å². The van der Waals surface area contributed by atoms with Gasteiger partial charge in [0.05, 0.1) is 25.6 Å². The Morgan fingerprint density at radius 2 is 1.93 bits per heavy atom. The number of aliphatic hydroxyl groups excluding tert-OH is 1. The van der Waals surface area contributed by atoms with E-state index in [0.29, 0.717) is 11.3 Å². The molecule has 2 rings (SSSR count). The molecule has 0 radical (unpaired) electrons. The molecule has 2 nitrogen and oxygen atoms in total. The van der Waals surface area contributed by atoms with Crippen molar-refractivity contribution in [3.8, 4) is 5.75 Å². The van der Waals surface area contributed by atoms with Crippen LogP contribution in [0.3, 0.4) is 0 Å². The van der Waals surface area contributed by atoms with Gasteiger partial charge in [0.2, 0.25) is 0 Å². The molecule has 0 aromatic heterocycles. The minimum Gasteiger partial charge on any atom is -0.497 e. The van der Waals surface area contributed by atoms with Crippen molar-refractivity contribution in [2.75, 3.05) is 13.7 Å². The second-order valence-corrected chi connectivity index (χ2v) is 3.71. The SMILES string of the molecule is COc1ccc([C@H]2[C@H](CO)C2(F)F)cc1. The molecule has 0 heterocycles. The first-order chi connectivity index (χ1) is 7.11. The first-order valence-electron chi connectivity index (χ1n) is 4.74. The van der Waals surface area contributed by atoms with Gasteiger partial charge in [0, 0.05) is 0 Å². The van der Waals surface area contributed by atoms with E-state index in [9.17, 15) is 8.78 Å². The zero-order valence-corrected chi connectivity index (χ0v) is 8.28. The second-order valence-electron chi connectivity index (χ2n) is 3.71. The molecule has 1 aliphatic rings. The van der Waals surface area contributed by atoms with Crippen molar-refractivity contribution < 1.29 is 18.6 Å². The highest BCUT2D eigenvalue weighted by atomic mass is 19.3. The van der Waals surface area contributed by atoms with Crippen LogP contribution in [0.2, 0.25) is 0 Å². The van der Waals surface area contributed by atoms with E-state index in [1.165, 1.54) is 7.11 Å². The zero-order valence-electron chi connectivity index (χ0n) is 8.28. The maximum atomic E-state index is 13.1. The molecule has 15 heavy (non-hydrogen) atoms. The Balaban J connectivity index is 2.18. The minimum absolute atomic E-state index is 0.469. The first kappa shape index (κ1) is 10.4. The summed E-state index contributed by atoms with van der Waals surface area (Å²) in [5.41, 5.74) is 0.555. The summed E-state index contributed by atoms with van der Waals surface area (Å²) >= 11 is 0. The minimum atomic E-state index is -2.76. The molecule has 0 saturated heterocycles. The number of halogens is 2. The molecule has 1 N–H and O–H groups in total. The van der Waals surface area contributed by atoms with Crippen LogP contribution in [0.1, 0.15) is 11.5 Å². The monoisotopic (exact) mass is 214 g/mol. The third kappa shape index (κ3) is 1.59. The van der Waals surface area contributed by atoms with Crippen LogP contribution >= 0.6 is 0 Å². The van der Waals surface area contributed by atoms with Gasteiger partial charge in [-0.2, -0.15) is 0 Å². The standard InChI is InChI=1S/C11H12F2O2/c1-15-8-4-2-7(3-5-8)10-9(6-14)11(10,12)13/h2-5,9-10,14H,6H2,1H3/t9-,10-/m0/s1. The largest absolute Gasteiger partial charge is 0.497 e. The summed E-state index contributed by atoms with van der Waals surface area (Å²) in [6, 6.07) is 6.54. The molecule has 0 bridgehead atoms. The van der Waals surface area contributed by atoms with Crippen molar-refractivity contribution in [1.82, 2.24) is 0 Å². The van der Waals surface area contributed by atoms with Crippen LogP contribution in [-0.4, -0.2) is 24.7 Å². The molecule has 0 aliphatic heterocycles. The van der Waals surface area contributed by atoms with Crippen LogP contribution in [0.4, 0.5) is 8.78 Å². The predicted molar refractivity (Wildman–Crippen MR) is 51.3 cm³/mol. The fourth-order valence-corrected chi connectivity index (χ4v) is 1.88. The molecular formula is C11H12F2O2. The maximum Gasteiger partial charge on any atom is 0.261 e. The Hall–Kier alpha value is -1.16. The Bertz CT molecular complexity index is 348. The summed E-state index contributed by atoms with van der Waals surface area (Å²) in [6.07, 6.45) is 0. The summed E-state index contributed by atoms with van der Waals surface area (Å²) in [5.74, 6) is -3.88. The number of ether oxygens (including phenoxy) is 1. The molecule has 1 saturated carbocycles. The number of hydrogen-bond donors (Lipinski definition) is 1. The topological polar surface area (TPSA) is 29.5 Å². The summed E-state index contributed by atoms with van der Waals surface area (Å²) in [7, 11) is 1.53. The van der Waals surface area contributed by atoms with Gasteiger partial charge in [0.1, 0.15) is 5.75 Å². The van der Waals surface area contributed by atoms with Gasteiger partial charge in [-0.25, -0.2) is 8.78 Å². The molecule has 4 heteroatoms. The van der Waals surface area contributed by atoms with E-state index in [1.807, 2.05) is 0 Å². The quantitative estimate of drug-likeness (QED) is 0.834. The Morgan fingerprint density at radius 3 is 2.33 bits per heavy atom. The van der Waals surface area contributed by atoms with Crippen molar-refractivity contribution in [1.29, 1.82) is 0 Å². The van der Waals surface area contributed by atoms with Gasteiger partial charge in [0.25, 0.3) is 5.92 Å². The molecule has 1 aliphatic carbocycles. The van der Waals surface area contributed by atoms with E-state index < -0.39 is 24.4 Å². The highest BCUT2D eigenvalue weighted by Gasteiger charge is 2.68. The molecular weight excluding hydrogens is 202 g/mol. The third-order valence-corrected chi connectivity index (χ3v) is 2.87. The molecule has 1 aromatic rings. The van der Waals surface area contributed by atoms with Crippen molar-refractivity contribution in [3.63, 3.8) is 0 Å². The van der Waals surface area contributed by atoms with Crippen LogP contribution < -0.4 is 4.74 Å². The lowest BCUT2D eigenvalue weighted by molar-refractivity contribution is 0.0785. The normalized spacial score (nSPS) is 27.5. The molecule has 2 atom stereocenters. The van der Waals surface area contributed by atoms with E-state index in [2.05, 4.69) is 0 Å². The average molecular weight is 214 g/mol. The molecule has 0 spiro atoms. The van der Waals surface area contributed by atoms with Crippen LogP contribution in [0, 0.1) is 5.92 Å². The summed E-state index contributed by atoms with van der Waals surface area (Å²) in [5, 5.41) is 8.77. The fourth-order valence-electron chi connectivity index (χ4n) is 1.88. The first-order valence-corrected chi connectivity index (χ1v) is 4.74. The van der Waals surface area contributed by atoms with Gasteiger partial charge in [-0.05, 0) is 17.7 Å². The molecule has 0 unspecified atom stereocenters. The van der Waals surface area contributed by atoms with Crippen molar-refractivity contribution in [2.24, 2.45) is 5.92 Å². The van der Waals surface area contributed by atoms with Gasteiger partial charge in [0.15, 0.2) is 0 Å². The lowest BCUT2D eigenvalue weighted by atomic mass is 10.1. The fraction of sp³-hybridized carbons (Fsp3) is 0.455. The number of benzene rings is 1. The van der Waals surface area contributed by atoms with Crippen LogP contribution in [-0.2, 0) is 0 Å². The highest BCUT2D eigenvalue weighted by Crippen LogP contribution is 2.61. The number of rotatable bonds is 3. The maximum absolute atomic E-state index is 13.1. The lowest BCUT2D eigenvalue weighted by Crippen LogP contribution is -1.97. The van der Waals surface area contributed by atoms with Gasteiger partial charge in [-0.3, -0.25) is 0 Å². The van der Waals surface area contributed by atoms with Crippen LogP contribution in [0.15, 0.2) is 24.3 Å². The number of methoxy groups -OCH3 is 1. The van der Waals surface area contributed by atoms with E-state index in [1.54, 1.807) is 24.3 Å². The zero-order chi connectivity index (χ0) is 11.1. The van der Waals surface area contributed by atoms with Crippen LogP contribution in [0.5, 0.6) is 5.75 Å². The van der Waals surface area contributed by atoms with Gasteiger partial charge >= 0.3 is 0 Å². The van der Waals surface area contributed by atoms with Crippen LogP contribution in [0.25, 0.3) is 0 Å². The smallest absolute Gasteiger partial charge is 0.261 e. The lowest BCUT2D eigenvalue weighted by Gasteiger charge is -2.01. The van der Waals surface area contributed by atoms with E-state index in [-0.39, 0.29) is 0 Å². The Morgan fingerprint density at radius 1 is 1.33 bits per heavy atom. The Labute approximate surface area is 86.5 Å². The summed E-state index contributed by atoms with van der Waals surface area (Å²) in [6.45, 7) is -0.469. The molecule has 0 amide bonds. The number of hydrogen-bond acceptors (Lipinski definition) is 2. The van der Waals surface area contributed by atoms with Crippen molar-refractivity contribution in [2.45, 2.75) is 11.8 Å². The van der Waals surface area contributed by atoms with E-state index in [4.69, 9.17) is 9.84 Å². The Kier molecular flexibility index (Phi) is 2.38. The van der Waals surface area contributed by atoms with E-state index >= 15 is 0 Å². The third-order valence-electron chi connectivity index (χ3n) is 2.87. The predicted octanol–water partition coefficient (Wildman–Crippen LogP) is 2.04. The molecule has 82 valence electrons.